The van der Waals surface area contributed by atoms with E-state index in [-0.39, 0.29) is 0 Å². The Morgan fingerprint density at radius 1 is 1.00 bits per heavy atom. The third-order valence-corrected chi connectivity index (χ3v) is 3.00. The average molecular weight is 251 g/mol. The van der Waals surface area contributed by atoms with Gasteiger partial charge < -0.3 is 0 Å². The standard InChI is InChI=1S/C5H11Cl.C3H6Cl2P/c1-2-3-4-5-6;4-1-2-6-3-5/h2-5H2,1H3;1-3H2. The van der Waals surface area contributed by atoms with E-state index < -0.39 is 0 Å². The summed E-state index contributed by atoms with van der Waals surface area (Å²) in [5, 5.41) is 0. The van der Waals surface area contributed by atoms with E-state index in [0.29, 0.717) is 5.62 Å². The Morgan fingerprint density at radius 2 is 1.67 bits per heavy atom. The molecule has 0 atom stereocenters. The second kappa shape index (κ2) is 18.2. The van der Waals surface area contributed by atoms with Gasteiger partial charge in [0.05, 0.1) is 0 Å². The molecule has 75 valence electrons. The highest BCUT2D eigenvalue weighted by molar-refractivity contribution is 7.40. The molecule has 0 aliphatic rings. The predicted molar refractivity (Wildman–Crippen MR) is 63.5 cm³/mol. The lowest BCUT2D eigenvalue weighted by Gasteiger charge is -1.84. The Labute approximate surface area is 93.1 Å². The fraction of sp³-hybridized carbons (Fsp3) is 1.00. The number of unbranched alkanes of at least 4 members (excludes halogenated alkanes) is 2. The number of hydrogen-bond donors (Lipinski definition) is 0. The summed E-state index contributed by atoms with van der Waals surface area (Å²) in [5.74, 6) is 1.56. The third-order valence-electron chi connectivity index (χ3n) is 1.06. The molecule has 0 aromatic rings. The normalized spacial score (nSPS) is 10.0. The van der Waals surface area contributed by atoms with Crippen LogP contribution in [0.2, 0.25) is 0 Å². The topological polar surface area (TPSA) is 0 Å². The van der Waals surface area contributed by atoms with Crippen LogP contribution in [0.25, 0.3) is 0 Å². The maximum atomic E-state index is 5.38. The molecule has 0 rings (SSSR count). The van der Waals surface area contributed by atoms with Crippen molar-refractivity contribution >= 4 is 43.4 Å². The van der Waals surface area contributed by atoms with Gasteiger partial charge in [-0.15, -0.1) is 34.8 Å². The van der Waals surface area contributed by atoms with Crippen molar-refractivity contribution in [2.75, 3.05) is 23.5 Å². The summed E-state index contributed by atoms with van der Waals surface area (Å²) in [6.45, 7) is 2.17. The first-order valence-corrected chi connectivity index (χ1v) is 7.01. The van der Waals surface area contributed by atoms with Crippen LogP contribution in [-0.4, -0.2) is 23.5 Å². The van der Waals surface area contributed by atoms with Crippen molar-refractivity contribution in [1.29, 1.82) is 0 Å². The number of alkyl halides is 3. The van der Waals surface area contributed by atoms with Crippen molar-refractivity contribution in [2.45, 2.75) is 26.2 Å². The van der Waals surface area contributed by atoms with Crippen LogP contribution in [0.15, 0.2) is 0 Å². The Bertz CT molecular complexity index is 46.3. The highest BCUT2D eigenvalue weighted by Gasteiger charge is 1.79. The summed E-state index contributed by atoms with van der Waals surface area (Å²) in [4.78, 5) is 0. The molecule has 0 saturated carbocycles. The van der Waals surface area contributed by atoms with Crippen LogP contribution in [0.5, 0.6) is 0 Å². The minimum atomic E-state index is 0.715. The van der Waals surface area contributed by atoms with Gasteiger partial charge in [0.25, 0.3) is 0 Å². The summed E-state index contributed by atoms with van der Waals surface area (Å²) in [5.41, 5.74) is 0.715. The van der Waals surface area contributed by atoms with Crippen LogP contribution < -0.4 is 0 Å². The van der Waals surface area contributed by atoms with Gasteiger partial charge in [0, 0.05) is 17.4 Å². The lowest BCUT2D eigenvalue weighted by atomic mass is 10.3. The summed E-state index contributed by atoms with van der Waals surface area (Å²) >= 11 is 16.0. The second-order valence-electron chi connectivity index (χ2n) is 2.15. The van der Waals surface area contributed by atoms with Crippen LogP contribution in [0.1, 0.15) is 26.2 Å². The molecule has 0 heterocycles. The van der Waals surface area contributed by atoms with Gasteiger partial charge in [-0.25, -0.2) is 0 Å². The lowest BCUT2D eigenvalue weighted by Crippen LogP contribution is -1.72. The Kier molecular flexibility index (Phi) is 23.8. The number of rotatable bonds is 6. The fourth-order valence-electron chi connectivity index (χ4n) is 0.464. The molecule has 0 nitrogen and oxygen atoms in total. The van der Waals surface area contributed by atoms with E-state index >= 15 is 0 Å². The zero-order valence-corrected chi connectivity index (χ0v) is 10.7. The van der Waals surface area contributed by atoms with Crippen molar-refractivity contribution in [1.82, 2.24) is 0 Å². The summed E-state index contributed by atoms with van der Waals surface area (Å²) in [6.07, 6.45) is 4.75. The minimum Gasteiger partial charge on any atom is -0.127 e. The quantitative estimate of drug-likeness (QED) is 0.361. The average Bonchev–Trinajstić information content (AvgIpc) is 2.12. The van der Waals surface area contributed by atoms with Gasteiger partial charge in [0.15, 0.2) is 0 Å². The monoisotopic (exact) mass is 249 g/mol. The van der Waals surface area contributed by atoms with Crippen molar-refractivity contribution in [3.8, 4) is 0 Å². The molecule has 0 aliphatic carbocycles. The maximum Gasteiger partial charge on any atom is 0.0464 e. The van der Waals surface area contributed by atoms with Crippen LogP contribution in [0.4, 0.5) is 0 Å². The zero-order valence-electron chi connectivity index (χ0n) is 7.53. The first-order chi connectivity index (χ1) is 5.83. The second-order valence-corrected chi connectivity index (χ2v) is 4.76. The zero-order chi connectivity index (χ0) is 9.66. The SMILES string of the molecule is CCCCCCl.ClCC[P]CCl. The van der Waals surface area contributed by atoms with Gasteiger partial charge in [-0.3, -0.25) is 0 Å². The number of halogens is 3. The molecule has 12 heavy (non-hydrogen) atoms. The third kappa shape index (κ3) is 22.5. The Balaban J connectivity index is 0. The molecule has 0 N–H and O–H groups in total. The highest BCUT2D eigenvalue weighted by Crippen LogP contribution is 2.10. The molecule has 1 radical (unpaired) electrons. The smallest absolute Gasteiger partial charge is 0.0464 e. The van der Waals surface area contributed by atoms with E-state index in [0.717, 1.165) is 17.9 Å². The van der Waals surface area contributed by atoms with Gasteiger partial charge in [0.2, 0.25) is 0 Å². The van der Waals surface area contributed by atoms with E-state index in [9.17, 15) is 0 Å². The first-order valence-electron chi connectivity index (χ1n) is 4.14. The van der Waals surface area contributed by atoms with E-state index in [1.54, 1.807) is 0 Å². The maximum absolute atomic E-state index is 5.38. The van der Waals surface area contributed by atoms with Crippen LogP contribution >= 0.6 is 43.4 Å². The van der Waals surface area contributed by atoms with E-state index in [1.807, 2.05) is 0 Å². The van der Waals surface area contributed by atoms with Crippen LogP contribution in [-0.2, 0) is 0 Å². The Hall–Kier alpha value is 1.30. The molecular weight excluding hydrogens is 233 g/mol. The van der Waals surface area contributed by atoms with Crippen molar-refractivity contribution in [2.24, 2.45) is 0 Å². The number of hydrogen-bond acceptors (Lipinski definition) is 0. The molecule has 0 aromatic carbocycles. The van der Waals surface area contributed by atoms with Crippen LogP contribution in [0, 0.1) is 0 Å². The van der Waals surface area contributed by atoms with Gasteiger partial charge in [-0.05, 0) is 12.6 Å². The van der Waals surface area contributed by atoms with Gasteiger partial charge in [-0.1, -0.05) is 28.3 Å². The molecule has 0 bridgehead atoms. The van der Waals surface area contributed by atoms with E-state index in [4.69, 9.17) is 34.8 Å². The molecule has 0 unspecified atom stereocenters. The minimum absolute atomic E-state index is 0.715. The largest absolute Gasteiger partial charge is 0.127 e. The van der Waals surface area contributed by atoms with Crippen molar-refractivity contribution in [3.05, 3.63) is 0 Å². The van der Waals surface area contributed by atoms with Gasteiger partial charge >= 0.3 is 0 Å². The molecule has 0 fully saturated rings. The van der Waals surface area contributed by atoms with E-state index in [1.165, 1.54) is 27.8 Å². The van der Waals surface area contributed by atoms with Crippen LogP contribution in [0.3, 0.4) is 0 Å². The fourth-order valence-corrected chi connectivity index (χ4v) is 1.61. The molecule has 0 saturated heterocycles. The predicted octanol–water partition coefficient (Wildman–Crippen LogP) is 4.78. The summed E-state index contributed by atoms with van der Waals surface area (Å²) in [6, 6.07) is 0. The first kappa shape index (κ1) is 15.8. The molecule has 0 aromatic heterocycles. The van der Waals surface area contributed by atoms with Crippen molar-refractivity contribution in [3.63, 3.8) is 0 Å². The lowest BCUT2D eigenvalue weighted by molar-refractivity contribution is 0.776. The molecule has 4 heteroatoms. The van der Waals surface area contributed by atoms with Gasteiger partial charge in [-0.2, -0.15) is 0 Å². The summed E-state index contributed by atoms with van der Waals surface area (Å²) in [7, 11) is 1.24. The molecule has 0 spiro atoms. The Morgan fingerprint density at radius 3 is 1.83 bits per heavy atom. The highest BCUT2D eigenvalue weighted by atomic mass is 35.5. The van der Waals surface area contributed by atoms with E-state index in [2.05, 4.69) is 6.92 Å². The van der Waals surface area contributed by atoms with Gasteiger partial charge in [0.1, 0.15) is 0 Å². The van der Waals surface area contributed by atoms with Crippen molar-refractivity contribution < 1.29 is 0 Å². The molecule has 0 amide bonds. The molecule has 0 aliphatic heterocycles. The molecular formula is C8H17Cl3P. The summed E-state index contributed by atoms with van der Waals surface area (Å²) < 4.78 is 0.